The molecule has 1 heterocycles. The van der Waals surface area contributed by atoms with Crippen LogP contribution in [0.15, 0.2) is 47.1 Å². The Morgan fingerprint density at radius 2 is 1.91 bits per heavy atom. The molecule has 0 fully saturated rings. The van der Waals surface area contributed by atoms with Crippen LogP contribution in [0.2, 0.25) is 0 Å². The number of rotatable bonds is 5. The van der Waals surface area contributed by atoms with Gasteiger partial charge in [0.05, 0.1) is 12.3 Å². The summed E-state index contributed by atoms with van der Waals surface area (Å²) in [5.41, 5.74) is 1.33. The van der Waals surface area contributed by atoms with Crippen LogP contribution in [0.5, 0.6) is 0 Å². The minimum absolute atomic E-state index is 0.143. The van der Waals surface area contributed by atoms with E-state index in [-0.39, 0.29) is 6.04 Å². The summed E-state index contributed by atoms with van der Waals surface area (Å²) in [6.45, 7) is 8.27. The monoisotopic (exact) mass is 316 g/mol. The van der Waals surface area contributed by atoms with Crippen molar-refractivity contribution in [3.05, 3.63) is 54.0 Å². The predicted molar refractivity (Wildman–Crippen MR) is 90.3 cm³/mol. The van der Waals surface area contributed by atoms with E-state index in [4.69, 9.17) is 9.15 Å². The number of amides is 1. The maximum atomic E-state index is 11.7. The summed E-state index contributed by atoms with van der Waals surface area (Å²) in [6, 6.07) is 11.6. The first kappa shape index (κ1) is 17.1. The number of hydrogen-bond donors (Lipinski definition) is 2. The Morgan fingerprint density at radius 3 is 2.48 bits per heavy atom. The molecule has 0 radical (unpaired) electrons. The number of hydrogen-bond acceptors (Lipinski definition) is 4. The van der Waals surface area contributed by atoms with Gasteiger partial charge in [-0.3, -0.25) is 5.32 Å². The lowest BCUT2D eigenvalue weighted by Crippen LogP contribution is -2.27. The molecule has 2 aromatic rings. The second-order valence-electron chi connectivity index (χ2n) is 6.44. The van der Waals surface area contributed by atoms with Gasteiger partial charge in [-0.05, 0) is 57.5 Å². The summed E-state index contributed by atoms with van der Waals surface area (Å²) < 4.78 is 10.6. The molecule has 1 amide bonds. The Hall–Kier alpha value is -2.27. The normalized spacial score (nSPS) is 12.7. The van der Waals surface area contributed by atoms with Crippen LogP contribution in [0.3, 0.4) is 0 Å². The van der Waals surface area contributed by atoms with E-state index in [0.717, 1.165) is 11.3 Å². The minimum atomic E-state index is -0.504. The molecule has 5 nitrogen and oxygen atoms in total. The Bertz CT molecular complexity index is 613. The van der Waals surface area contributed by atoms with Gasteiger partial charge in [0.15, 0.2) is 0 Å². The zero-order chi connectivity index (χ0) is 16.9. The standard InChI is InChI=1S/C18H24N2O3/c1-13(16-6-5-11-22-16)19-12-14-7-9-15(10-8-14)20-17(21)23-18(2,3)4/h5-11,13,19H,12H2,1-4H3,(H,20,21). The zero-order valence-electron chi connectivity index (χ0n) is 14.1. The van der Waals surface area contributed by atoms with Crippen LogP contribution in [0, 0.1) is 0 Å². The van der Waals surface area contributed by atoms with Crippen molar-refractivity contribution in [2.24, 2.45) is 0 Å². The van der Waals surface area contributed by atoms with E-state index in [1.807, 2.05) is 57.2 Å². The van der Waals surface area contributed by atoms with E-state index in [1.165, 1.54) is 0 Å². The molecule has 0 aliphatic rings. The minimum Gasteiger partial charge on any atom is -0.468 e. The predicted octanol–water partition coefficient (Wildman–Crippen LogP) is 4.48. The molecule has 5 heteroatoms. The van der Waals surface area contributed by atoms with Crippen LogP contribution in [0.1, 0.15) is 45.1 Å². The number of benzene rings is 1. The SMILES string of the molecule is CC(NCc1ccc(NC(=O)OC(C)(C)C)cc1)c1ccco1. The van der Waals surface area contributed by atoms with Crippen molar-refractivity contribution in [1.82, 2.24) is 5.32 Å². The second kappa shape index (κ2) is 7.33. The van der Waals surface area contributed by atoms with Crippen LogP contribution in [0.4, 0.5) is 10.5 Å². The number of carbonyl (C=O) groups is 1. The molecular formula is C18H24N2O3. The Kier molecular flexibility index (Phi) is 5.45. The van der Waals surface area contributed by atoms with Gasteiger partial charge in [-0.2, -0.15) is 0 Å². The number of carbonyl (C=O) groups excluding carboxylic acids is 1. The fourth-order valence-electron chi connectivity index (χ4n) is 2.04. The van der Waals surface area contributed by atoms with Gasteiger partial charge in [0.1, 0.15) is 11.4 Å². The zero-order valence-corrected chi connectivity index (χ0v) is 14.1. The van der Waals surface area contributed by atoms with Crippen molar-refractivity contribution in [2.75, 3.05) is 5.32 Å². The Labute approximate surface area is 137 Å². The molecule has 1 aromatic heterocycles. The number of furan rings is 1. The van der Waals surface area contributed by atoms with Crippen LogP contribution in [0.25, 0.3) is 0 Å². The van der Waals surface area contributed by atoms with Crippen molar-refractivity contribution in [3.63, 3.8) is 0 Å². The summed E-state index contributed by atoms with van der Waals surface area (Å²) in [5, 5.41) is 6.10. The molecule has 1 aromatic carbocycles. The molecule has 1 atom stereocenters. The average Bonchev–Trinajstić information content (AvgIpc) is 2.98. The fourth-order valence-corrected chi connectivity index (χ4v) is 2.04. The summed E-state index contributed by atoms with van der Waals surface area (Å²) in [7, 11) is 0. The topological polar surface area (TPSA) is 63.5 Å². The van der Waals surface area contributed by atoms with Crippen molar-refractivity contribution >= 4 is 11.8 Å². The quantitative estimate of drug-likeness (QED) is 0.854. The van der Waals surface area contributed by atoms with Gasteiger partial charge in [0.25, 0.3) is 0 Å². The summed E-state index contributed by atoms with van der Waals surface area (Å²) >= 11 is 0. The first-order valence-electron chi connectivity index (χ1n) is 7.69. The summed E-state index contributed by atoms with van der Waals surface area (Å²) in [5.74, 6) is 0.910. The third-order valence-electron chi connectivity index (χ3n) is 3.18. The fraction of sp³-hybridized carbons (Fsp3) is 0.389. The van der Waals surface area contributed by atoms with Gasteiger partial charge >= 0.3 is 6.09 Å². The molecule has 0 aliphatic heterocycles. The molecule has 2 N–H and O–H groups in total. The lowest BCUT2D eigenvalue weighted by atomic mass is 10.2. The van der Waals surface area contributed by atoms with Crippen LogP contribution >= 0.6 is 0 Å². The lowest BCUT2D eigenvalue weighted by molar-refractivity contribution is 0.0636. The molecule has 1 unspecified atom stereocenters. The van der Waals surface area contributed by atoms with Crippen molar-refractivity contribution < 1.29 is 13.9 Å². The molecule has 124 valence electrons. The highest BCUT2D eigenvalue weighted by Gasteiger charge is 2.16. The molecule has 23 heavy (non-hydrogen) atoms. The Morgan fingerprint density at radius 1 is 1.22 bits per heavy atom. The van der Waals surface area contributed by atoms with Crippen molar-refractivity contribution in [1.29, 1.82) is 0 Å². The van der Waals surface area contributed by atoms with Crippen molar-refractivity contribution in [3.8, 4) is 0 Å². The highest BCUT2D eigenvalue weighted by Crippen LogP contribution is 2.15. The number of ether oxygens (including phenoxy) is 1. The molecule has 2 rings (SSSR count). The highest BCUT2D eigenvalue weighted by atomic mass is 16.6. The summed E-state index contributed by atoms with van der Waals surface area (Å²) in [6.07, 6.45) is 1.22. The number of anilines is 1. The van der Waals surface area contributed by atoms with Gasteiger partial charge in [-0.15, -0.1) is 0 Å². The van der Waals surface area contributed by atoms with E-state index < -0.39 is 11.7 Å². The maximum Gasteiger partial charge on any atom is 0.412 e. The number of nitrogens with one attached hydrogen (secondary N) is 2. The van der Waals surface area contributed by atoms with Crippen LogP contribution in [-0.4, -0.2) is 11.7 Å². The van der Waals surface area contributed by atoms with E-state index >= 15 is 0 Å². The summed E-state index contributed by atoms with van der Waals surface area (Å²) in [4.78, 5) is 11.7. The highest BCUT2D eigenvalue weighted by molar-refractivity contribution is 5.84. The van der Waals surface area contributed by atoms with Gasteiger partial charge in [-0.1, -0.05) is 12.1 Å². The molecule has 0 aliphatic carbocycles. The van der Waals surface area contributed by atoms with E-state index in [2.05, 4.69) is 17.6 Å². The first-order valence-corrected chi connectivity index (χ1v) is 7.69. The lowest BCUT2D eigenvalue weighted by Gasteiger charge is -2.19. The van der Waals surface area contributed by atoms with E-state index in [9.17, 15) is 4.79 Å². The molecular weight excluding hydrogens is 292 g/mol. The third kappa shape index (κ3) is 5.79. The van der Waals surface area contributed by atoms with Gasteiger partial charge in [-0.25, -0.2) is 4.79 Å². The van der Waals surface area contributed by atoms with E-state index in [0.29, 0.717) is 12.2 Å². The smallest absolute Gasteiger partial charge is 0.412 e. The van der Waals surface area contributed by atoms with Gasteiger partial charge < -0.3 is 14.5 Å². The van der Waals surface area contributed by atoms with Gasteiger partial charge in [0, 0.05) is 12.2 Å². The molecule has 0 saturated carbocycles. The molecule has 0 saturated heterocycles. The van der Waals surface area contributed by atoms with Gasteiger partial charge in [0.2, 0.25) is 0 Å². The van der Waals surface area contributed by atoms with Crippen LogP contribution < -0.4 is 10.6 Å². The molecule has 0 bridgehead atoms. The van der Waals surface area contributed by atoms with E-state index in [1.54, 1.807) is 6.26 Å². The van der Waals surface area contributed by atoms with Crippen LogP contribution in [-0.2, 0) is 11.3 Å². The van der Waals surface area contributed by atoms with Crippen molar-refractivity contribution in [2.45, 2.75) is 45.9 Å². The average molecular weight is 316 g/mol. The second-order valence-corrected chi connectivity index (χ2v) is 6.44. The third-order valence-corrected chi connectivity index (χ3v) is 3.18. The Balaban J connectivity index is 1.83. The largest absolute Gasteiger partial charge is 0.468 e. The molecule has 0 spiro atoms. The first-order chi connectivity index (χ1) is 10.8. The maximum absolute atomic E-state index is 11.7.